The summed E-state index contributed by atoms with van der Waals surface area (Å²) in [5, 5.41) is 8.75. The third-order valence-electron chi connectivity index (χ3n) is 2.50. The number of unbranched alkanes of at least 4 members (excludes halogenated alkanes) is 4. The van der Waals surface area contributed by atoms with Gasteiger partial charge in [-0.1, -0.05) is 39.5 Å². The molecule has 0 saturated heterocycles. The minimum Gasteiger partial charge on any atom is -0.478 e. The molecule has 0 atom stereocenters. The molecule has 0 aliphatic heterocycles. The van der Waals surface area contributed by atoms with E-state index in [0.29, 0.717) is 18.6 Å². The van der Waals surface area contributed by atoms with Gasteiger partial charge in [0, 0.05) is 12.2 Å². The van der Waals surface area contributed by atoms with Crippen LogP contribution in [-0.4, -0.2) is 24.3 Å². The summed E-state index contributed by atoms with van der Waals surface area (Å²) in [6.45, 7) is 5.18. The fourth-order valence-electron chi connectivity index (χ4n) is 1.43. The normalized spacial score (nSPS) is 11.8. The molecule has 16 heavy (non-hydrogen) atoms. The lowest BCUT2D eigenvalue weighted by atomic mass is 10.2. The molecule has 0 heterocycles. The predicted octanol–water partition coefficient (Wildman–Crippen LogP) is 3.39. The van der Waals surface area contributed by atoms with Crippen LogP contribution in [0, 0.1) is 0 Å². The highest BCUT2D eigenvalue weighted by Crippen LogP contribution is 2.03. The molecule has 0 saturated carbocycles. The molecule has 0 bridgehead atoms. The summed E-state index contributed by atoms with van der Waals surface area (Å²) in [6.07, 6.45) is 8.30. The highest BCUT2D eigenvalue weighted by atomic mass is 16.5. The second kappa shape index (κ2) is 10.7. The largest absolute Gasteiger partial charge is 0.478 e. The maximum atomic E-state index is 10.6. The Bertz CT molecular complexity index is 209. The number of carboxylic acids is 1. The van der Waals surface area contributed by atoms with Crippen molar-refractivity contribution in [3.63, 3.8) is 0 Å². The molecule has 0 aromatic heterocycles. The van der Waals surface area contributed by atoms with Crippen LogP contribution in [0.1, 0.15) is 52.4 Å². The predicted molar refractivity (Wildman–Crippen MR) is 65.6 cm³/mol. The van der Waals surface area contributed by atoms with Crippen LogP contribution in [0.3, 0.4) is 0 Å². The molecule has 0 amide bonds. The van der Waals surface area contributed by atoms with Gasteiger partial charge in [-0.05, 0) is 18.9 Å². The molecule has 0 aromatic carbocycles. The zero-order chi connectivity index (χ0) is 12.2. The Morgan fingerprint density at radius 3 is 2.44 bits per heavy atom. The van der Waals surface area contributed by atoms with E-state index in [4.69, 9.17) is 9.84 Å². The fourth-order valence-corrected chi connectivity index (χ4v) is 1.43. The summed E-state index contributed by atoms with van der Waals surface area (Å²) < 4.78 is 5.36. The Balaban J connectivity index is 3.41. The van der Waals surface area contributed by atoms with Gasteiger partial charge in [0.05, 0.1) is 6.61 Å². The Labute approximate surface area is 98.5 Å². The van der Waals surface area contributed by atoms with Crippen molar-refractivity contribution in [1.29, 1.82) is 0 Å². The standard InChI is InChI=1S/C13H24O3/c1-3-5-6-7-8-10-16-11-9-12(4-2)13(14)15/h9H,3-8,10-11H2,1-2H3,(H,14,15). The van der Waals surface area contributed by atoms with Gasteiger partial charge in [-0.15, -0.1) is 0 Å². The van der Waals surface area contributed by atoms with Crippen molar-refractivity contribution in [2.24, 2.45) is 0 Å². The minimum atomic E-state index is -0.839. The van der Waals surface area contributed by atoms with Crippen molar-refractivity contribution in [2.45, 2.75) is 52.4 Å². The number of carboxylic acid groups (broad SMARTS) is 1. The maximum Gasteiger partial charge on any atom is 0.331 e. The monoisotopic (exact) mass is 228 g/mol. The summed E-state index contributed by atoms with van der Waals surface area (Å²) in [6, 6.07) is 0. The zero-order valence-electron chi connectivity index (χ0n) is 10.5. The average Bonchev–Trinajstić information content (AvgIpc) is 2.26. The van der Waals surface area contributed by atoms with Gasteiger partial charge in [-0.3, -0.25) is 0 Å². The van der Waals surface area contributed by atoms with Crippen LogP contribution in [0.4, 0.5) is 0 Å². The molecule has 0 aliphatic carbocycles. The van der Waals surface area contributed by atoms with Gasteiger partial charge >= 0.3 is 5.97 Å². The Morgan fingerprint density at radius 2 is 1.88 bits per heavy atom. The lowest BCUT2D eigenvalue weighted by molar-refractivity contribution is -0.132. The first-order valence-electron chi connectivity index (χ1n) is 6.22. The molecule has 0 spiro atoms. The van der Waals surface area contributed by atoms with E-state index in [1.807, 2.05) is 6.92 Å². The van der Waals surface area contributed by atoms with Crippen molar-refractivity contribution in [3.8, 4) is 0 Å². The quantitative estimate of drug-likeness (QED) is 0.460. The molecule has 1 N–H and O–H groups in total. The minimum absolute atomic E-state index is 0.420. The number of ether oxygens (including phenoxy) is 1. The van der Waals surface area contributed by atoms with Crippen molar-refractivity contribution in [2.75, 3.05) is 13.2 Å². The van der Waals surface area contributed by atoms with Gasteiger partial charge in [-0.25, -0.2) is 4.79 Å². The molecular formula is C13H24O3. The summed E-state index contributed by atoms with van der Waals surface area (Å²) >= 11 is 0. The van der Waals surface area contributed by atoms with Crippen molar-refractivity contribution in [1.82, 2.24) is 0 Å². The SMILES string of the molecule is CCCCCCCOCC=C(CC)C(=O)O. The highest BCUT2D eigenvalue weighted by molar-refractivity contribution is 5.86. The molecule has 0 radical (unpaired) electrons. The summed E-state index contributed by atoms with van der Waals surface area (Å²) in [7, 11) is 0. The zero-order valence-corrected chi connectivity index (χ0v) is 10.5. The number of hydrogen-bond donors (Lipinski definition) is 1. The molecule has 3 nitrogen and oxygen atoms in total. The number of rotatable bonds is 10. The molecule has 94 valence electrons. The van der Waals surface area contributed by atoms with Crippen molar-refractivity contribution in [3.05, 3.63) is 11.6 Å². The van der Waals surface area contributed by atoms with Gasteiger partial charge in [0.15, 0.2) is 0 Å². The first-order chi connectivity index (χ1) is 7.72. The molecule has 0 rings (SSSR count). The third kappa shape index (κ3) is 8.48. The molecule has 0 aliphatic rings. The topological polar surface area (TPSA) is 46.5 Å². The van der Waals surface area contributed by atoms with E-state index in [1.165, 1.54) is 25.7 Å². The van der Waals surface area contributed by atoms with Crippen molar-refractivity contribution >= 4 is 5.97 Å². The van der Waals surface area contributed by atoms with E-state index >= 15 is 0 Å². The van der Waals surface area contributed by atoms with Crippen LogP contribution in [0.15, 0.2) is 11.6 Å². The second-order valence-corrected chi connectivity index (χ2v) is 3.88. The Morgan fingerprint density at radius 1 is 1.19 bits per heavy atom. The summed E-state index contributed by atoms with van der Waals surface area (Å²) in [5.74, 6) is -0.839. The summed E-state index contributed by atoms with van der Waals surface area (Å²) in [5.41, 5.74) is 0.436. The molecule has 0 fully saturated rings. The summed E-state index contributed by atoms with van der Waals surface area (Å²) in [4.78, 5) is 10.6. The van der Waals surface area contributed by atoms with Crippen LogP contribution in [0.5, 0.6) is 0 Å². The van der Waals surface area contributed by atoms with Crippen LogP contribution >= 0.6 is 0 Å². The number of carbonyl (C=O) groups is 1. The van der Waals surface area contributed by atoms with Crippen LogP contribution < -0.4 is 0 Å². The van der Waals surface area contributed by atoms with E-state index in [9.17, 15) is 4.79 Å². The Kier molecular flexibility index (Phi) is 10.1. The van der Waals surface area contributed by atoms with Crippen LogP contribution in [0.2, 0.25) is 0 Å². The van der Waals surface area contributed by atoms with Gasteiger partial charge in [-0.2, -0.15) is 0 Å². The smallest absolute Gasteiger partial charge is 0.331 e. The van der Waals surface area contributed by atoms with E-state index in [-0.39, 0.29) is 0 Å². The Hall–Kier alpha value is -0.830. The van der Waals surface area contributed by atoms with Gasteiger partial charge in [0.2, 0.25) is 0 Å². The van der Waals surface area contributed by atoms with Crippen LogP contribution in [0.25, 0.3) is 0 Å². The lowest BCUT2D eigenvalue weighted by Crippen LogP contribution is -2.02. The third-order valence-corrected chi connectivity index (χ3v) is 2.50. The lowest BCUT2D eigenvalue weighted by Gasteiger charge is -2.02. The average molecular weight is 228 g/mol. The van der Waals surface area contributed by atoms with E-state index in [1.54, 1.807) is 6.08 Å². The highest BCUT2D eigenvalue weighted by Gasteiger charge is 2.02. The first kappa shape index (κ1) is 15.2. The molecule has 0 aromatic rings. The van der Waals surface area contributed by atoms with Crippen molar-refractivity contribution < 1.29 is 14.6 Å². The van der Waals surface area contributed by atoms with Gasteiger partial charge in [0.25, 0.3) is 0 Å². The van der Waals surface area contributed by atoms with Crippen LogP contribution in [-0.2, 0) is 9.53 Å². The fraction of sp³-hybridized carbons (Fsp3) is 0.769. The van der Waals surface area contributed by atoms with Gasteiger partial charge in [0.1, 0.15) is 0 Å². The molecular weight excluding hydrogens is 204 g/mol. The maximum absolute atomic E-state index is 10.6. The van der Waals surface area contributed by atoms with E-state index in [2.05, 4.69) is 6.92 Å². The molecule has 3 heteroatoms. The number of aliphatic carboxylic acids is 1. The van der Waals surface area contributed by atoms with E-state index < -0.39 is 5.97 Å². The van der Waals surface area contributed by atoms with E-state index in [0.717, 1.165) is 13.0 Å². The molecule has 0 unspecified atom stereocenters. The second-order valence-electron chi connectivity index (χ2n) is 3.88. The van der Waals surface area contributed by atoms with Gasteiger partial charge < -0.3 is 9.84 Å². The number of hydrogen-bond acceptors (Lipinski definition) is 2. The first-order valence-corrected chi connectivity index (χ1v) is 6.22.